The van der Waals surface area contributed by atoms with Crippen LogP contribution in [0.15, 0.2) is 34.4 Å². The van der Waals surface area contributed by atoms with E-state index in [-0.39, 0.29) is 38.5 Å². The minimum atomic E-state index is -0.622. The molecule has 8 nitrogen and oxygen atoms in total. The van der Waals surface area contributed by atoms with Crippen LogP contribution in [0.5, 0.6) is 0 Å². The third-order valence-corrected chi connectivity index (χ3v) is 4.44. The average molecular weight is 410 g/mol. The van der Waals surface area contributed by atoms with Crippen LogP contribution in [0.25, 0.3) is 17.4 Å². The standard InChI is InChI=1S/C17H13Cl2N3O5/c1-2-5-21-16(23)13(20-17(21)24)6-9-3-4-15(27-9)10-7-14(22(25)26)12(19)8-11(10)18/h3-4,6-8H,2,5H2,1H3,(H,20,24)/b13-6+. The number of rotatable bonds is 5. The zero-order valence-corrected chi connectivity index (χ0v) is 15.5. The van der Waals surface area contributed by atoms with Gasteiger partial charge in [-0.25, -0.2) is 4.79 Å². The van der Waals surface area contributed by atoms with Crippen LogP contribution in [0, 0.1) is 10.1 Å². The molecular formula is C17H13Cl2N3O5. The number of carbonyl (C=O) groups excluding carboxylic acids is 2. The van der Waals surface area contributed by atoms with Crippen molar-refractivity contribution in [1.29, 1.82) is 0 Å². The summed E-state index contributed by atoms with van der Waals surface area (Å²) in [6, 6.07) is 5.10. The fourth-order valence-corrected chi connectivity index (χ4v) is 3.13. The molecule has 3 rings (SSSR count). The summed E-state index contributed by atoms with van der Waals surface area (Å²) in [4.78, 5) is 35.6. The number of nitrogens with zero attached hydrogens (tertiary/aromatic N) is 2. The second-order valence-electron chi connectivity index (χ2n) is 5.69. The van der Waals surface area contributed by atoms with E-state index < -0.39 is 16.9 Å². The van der Waals surface area contributed by atoms with E-state index >= 15 is 0 Å². The van der Waals surface area contributed by atoms with Crippen molar-refractivity contribution in [1.82, 2.24) is 10.2 Å². The van der Waals surface area contributed by atoms with Crippen LogP contribution in [-0.2, 0) is 4.79 Å². The van der Waals surface area contributed by atoms with Gasteiger partial charge in [-0.1, -0.05) is 30.1 Å². The van der Waals surface area contributed by atoms with E-state index in [1.165, 1.54) is 18.2 Å². The quantitative estimate of drug-likeness (QED) is 0.339. The minimum absolute atomic E-state index is 0.0853. The highest BCUT2D eigenvalue weighted by atomic mass is 35.5. The number of benzene rings is 1. The molecule has 1 aliphatic rings. The van der Waals surface area contributed by atoms with Crippen LogP contribution in [0.2, 0.25) is 10.0 Å². The number of nitrogens with one attached hydrogen (secondary N) is 1. The Labute approximate surface area is 163 Å². The lowest BCUT2D eigenvalue weighted by Crippen LogP contribution is -2.31. The first-order valence-electron chi connectivity index (χ1n) is 7.90. The number of carbonyl (C=O) groups is 2. The van der Waals surface area contributed by atoms with Crippen molar-refractivity contribution in [3.05, 3.63) is 55.9 Å². The third kappa shape index (κ3) is 3.67. The number of furan rings is 1. The highest BCUT2D eigenvalue weighted by molar-refractivity contribution is 6.37. The number of amides is 3. The van der Waals surface area contributed by atoms with Crippen LogP contribution in [-0.4, -0.2) is 28.3 Å². The molecule has 140 valence electrons. The Kier molecular flexibility index (Phi) is 5.20. The van der Waals surface area contributed by atoms with Gasteiger partial charge in [0.25, 0.3) is 11.6 Å². The van der Waals surface area contributed by atoms with Gasteiger partial charge in [0.2, 0.25) is 0 Å². The van der Waals surface area contributed by atoms with Crippen LogP contribution >= 0.6 is 23.2 Å². The number of hydrogen-bond donors (Lipinski definition) is 1. The largest absolute Gasteiger partial charge is 0.457 e. The molecule has 0 bridgehead atoms. The Morgan fingerprint density at radius 1 is 1.26 bits per heavy atom. The molecule has 0 spiro atoms. The number of hydrogen-bond acceptors (Lipinski definition) is 5. The topological polar surface area (TPSA) is 106 Å². The Morgan fingerprint density at radius 3 is 2.67 bits per heavy atom. The van der Waals surface area contributed by atoms with E-state index in [0.29, 0.717) is 13.0 Å². The molecule has 1 aliphatic heterocycles. The van der Waals surface area contributed by atoms with Crippen molar-refractivity contribution in [2.75, 3.05) is 6.54 Å². The van der Waals surface area contributed by atoms with Gasteiger partial charge in [0, 0.05) is 24.3 Å². The van der Waals surface area contributed by atoms with E-state index in [2.05, 4.69) is 5.32 Å². The van der Waals surface area contributed by atoms with Crippen molar-refractivity contribution in [3.8, 4) is 11.3 Å². The van der Waals surface area contributed by atoms with Crippen LogP contribution in [0.4, 0.5) is 10.5 Å². The van der Waals surface area contributed by atoms with Gasteiger partial charge >= 0.3 is 6.03 Å². The molecule has 10 heteroatoms. The predicted molar refractivity (Wildman–Crippen MR) is 99.3 cm³/mol. The lowest BCUT2D eigenvalue weighted by Gasteiger charge is -2.08. The summed E-state index contributed by atoms with van der Waals surface area (Å²) in [7, 11) is 0. The average Bonchev–Trinajstić information content (AvgIpc) is 3.15. The fraction of sp³-hybridized carbons (Fsp3) is 0.176. The molecule has 0 aliphatic carbocycles. The first kappa shape index (κ1) is 18.9. The maximum atomic E-state index is 12.2. The Hall–Kier alpha value is -2.84. The summed E-state index contributed by atoms with van der Waals surface area (Å²) in [5.41, 5.74) is 0.0650. The highest BCUT2D eigenvalue weighted by Crippen LogP contribution is 2.37. The van der Waals surface area contributed by atoms with Crippen molar-refractivity contribution in [2.45, 2.75) is 13.3 Å². The van der Waals surface area contributed by atoms with Crippen LogP contribution in [0.1, 0.15) is 19.1 Å². The molecule has 0 saturated carbocycles. The van der Waals surface area contributed by atoms with Gasteiger partial charge in [-0.15, -0.1) is 0 Å². The summed E-state index contributed by atoms with van der Waals surface area (Å²) in [6.07, 6.45) is 2.03. The van der Waals surface area contributed by atoms with Crippen LogP contribution in [0.3, 0.4) is 0 Å². The summed E-state index contributed by atoms with van der Waals surface area (Å²) >= 11 is 11.9. The summed E-state index contributed by atoms with van der Waals surface area (Å²) in [5.74, 6) is 0.0921. The lowest BCUT2D eigenvalue weighted by molar-refractivity contribution is -0.384. The number of nitro benzene ring substituents is 1. The van der Waals surface area contributed by atoms with E-state index in [1.54, 1.807) is 12.1 Å². The van der Waals surface area contributed by atoms with E-state index in [1.807, 2.05) is 6.92 Å². The molecule has 2 aromatic rings. The van der Waals surface area contributed by atoms with Gasteiger partial charge in [0.05, 0.1) is 9.95 Å². The smallest absolute Gasteiger partial charge is 0.329 e. The molecule has 1 saturated heterocycles. The first-order valence-corrected chi connectivity index (χ1v) is 8.65. The summed E-state index contributed by atoms with van der Waals surface area (Å²) < 4.78 is 5.62. The first-order chi connectivity index (χ1) is 12.8. The Bertz CT molecular complexity index is 983. The predicted octanol–water partition coefficient (Wildman–Crippen LogP) is 4.46. The van der Waals surface area contributed by atoms with E-state index in [9.17, 15) is 19.7 Å². The van der Waals surface area contributed by atoms with Gasteiger partial charge in [-0.3, -0.25) is 19.8 Å². The molecule has 1 N–H and O–H groups in total. The number of imide groups is 1. The molecule has 1 aromatic carbocycles. The third-order valence-electron chi connectivity index (χ3n) is 3.82. The molecule has 0 radical (unpaired) electrons. The maximum Gasteiger partial charge on any atom is 0.329 e. The Balaban J connectivity index is 1.92. The van der Waals surface area contributed by atoms with Crippen molar-refractivity contribution in [2.24, 2.45) is 0 Å². The summed E-state index contributed by atoms with van der Waals surface area (Å²) in [5, 5.41) is 13.6. The maximum absolute atomic E-state index is 12.2. The van der Waals surface area contributed by atoms with E-state index in [0.717, 1.165) is 4.90 Å². The van der Waals surface area contributed by atoms with Crippen molar-refractivity contribution in [3.63, 3.8) is 0 Å². The molecule has 27 heavy (non-hydrogen) atoms. The molecule has 0 atom stereocenters. The lowest BCUT2D eigenvalue weighted by atomic mass is 10.1. The summed E-state index contributed by atoms with van der Waals surface area (Å²) in [6.45, 7) is 2.17. The number of urea groups is 1. The molecule has 0 unspecified atom stereocenters. The molecular weight excluding hydrogens is 397 g/mol. The SMILES string of the molecule is CCCN1C(=O)N/C(=C/c2ccc(-c3cc([N+](=O)[O-])c(Cl)cc3Cl)o2)C1=O. The number of halogens is 2. The van der Waals surface area contributed by atoms with Gasteiger partial charge < -0.3 is 9.73 Å². The van der Waals surface area contributed by atoms with Gasteiger partial charge in [-0.05, 0) is 24.6 Å². The number of nitro groups is 1. The zero-order valence-electron chi connectivity index (χ0n) is 14.0. The second kappa shape index (κ2) is 7.42. The van der Waals surface area contributed by atoms with Gasteiger partial charge in [-0.2, -0.15) is 0 Å². The Morgan fingerprint density at radius 2 is 2.00 bits per heavy atom. The van der Waals surface area contributed by atoms with E-state index in [4.69, 9.17) is 27.6 Å². The van der Waals surface area contributed by atoms with Crippen LogP contribution < -0.4 is 5.32 Å². The molecule has 1 aromatic heterocycles. The second-order valence-corrected chi connectivity index (χ2v) is 6.50. The van der Waals surface area contributed by atoms with Gasteiger partial charge in [0.15, 0.2) is 0 Å². The molecule has 1 fully saturated rings. The molecule has 2 heterocycles. The van der Waals surface area contributed by atoms with Crippen molar-refractivity contribution < 1.29 is 18.9 Å². The minimum Gasteiger partial charge on any atom is -0.457 e. The normalized spacial score (nSPS) is 15.5. The van der Waals surface area contributed by atoms with Gasteiger partial charge in [0.1, 0.15) is 22.2 Å². The highest BCUT2D eigenvalue weighted by Gasteiger charge is 2.33. The zero-order chi connectivity index (χ0) is 19.7. The fourth-order valence-electron chi connectivity index (χ4n) is 2.58. The van der Waals surface area contributed by atoms with Crippen molar-refractivity contribution >= 4 is 46.9 Å². The molecule has 3 amide bonds. The monoisotopic (exact) mass is 409 g/mol.